The van der Waals surface area contributed by atoms with E-state index in [2.05, 4.69) is 30.0 Å². The van der Waals surface area contributed by atoms with Crippen LogP contribution in [0.15, 0.2) is 0 Å². The molecule has 0 aromatic rings. The first-order chi connectivity index (χ1) is 4.89. The molecule has 0 aliphatic heterocycles. The van der Waals surface area contributed by atoms with Crippen LogP contribution in [0.25, 0.3) is 0 Å². The second-order valence-electron chi connectivity index (χ2n) is 3.81. The molecule has 11 heavy (non-hydrogen) atoms. The van der Waals surface area contributed by atoms with Crippen molar-refractivity contribution in [1.82, 2.24) is 0 Å². The molecule has 0 bridgehead atoms. The summed E-state index contributed by atoms with van der Waals surface area (Å²) in [7, 11) is 2.31. The zero-order valence-corrected chi connectivity index (χ0v) is 9.18. The molecule has 0 saturated heterocycles. The van der Waals surface area contributed by atoms with Gasteiger partial charge in [-0.1, -0.05) is 36.9 Å². The highest BCUT2D eigenvalue weighted by Gasteiger charge is 2.24. The van der Waals surface area contributed by atoms with E-state index in [0.717, 1.165) is 0 Å². The SMILES string of the molecule is CCC(F)(P)CC(C)C(C)C. The third-order valence-corrected chi connectivity index (χ3v) is 3.03. The van der Waals surface area contributed by atoms with E-state index in [4.69, 9.17) is 0 Å². The maximum absolute atomic E-state index is 13.4. The molecule has 0 radical (unpaired) electrons. The van der Waals surface area contributed by atoms with Crippen molar-refractivity contribution in [3.63, 3.8) is 0 Å². The van der Waals surface area contributed by atoms with Crippen LogP contribution in [0.4, 0.5) is 4.39 Å². The Labute approximate surface area is 72.2 Å². The van der Waals surface area contributed by atoms with Crippen molar-refractivity contribution in [3.8, 4) is 0 Å². The zero-order valence-electron chi connectivity index (χ0n) is 8.02. The van der Waals surface area contributed by atoms with Crippen LogP contribution in [-0.2, 0) is 0 Å². The Kier molecular flexibility index (Phi) is 4.55. The Morgan fingerprint density at radius 3 is 2.09 bits per heavy atom. The number of hydrogen-bond acceptors (Lipinski definition) is 0. The Morgan fingerprint density at radius 1 is 1.36 bits per heavy atom. The van der Waals surface area contributed by atoms with Gasteiger partial charge < -0.3 is 0 Å². The lowest BCUT2D eigenvalue weighted by Crippen LogP contribution is -2.19. The highest BCUT2D eigenvalue weighted by Crippen LogP contribution is 2.34. The fourth-order valence-electron chi connectivity index (χ4n) is 0.915. The van der Waals surface area contributed by atoms with Crippen LogP contribution in [0.3, 0.4) is 0 Å². The van der Waals surface area contributed by atoms with Gasteiger partial charge in [0.05, 0.1) is 0 Å². The van der Waals surface area contributed by atoms with E-state index < -0.39 is 5.41 Å². The maximum atomic E-state index is 13.4. The predicted molar refractivity (Wildman–Crippen MR) is 52.5 cm³/mol. The van der Waals surface area contributed by atoms with E-state index in [-0.39, 0.29) is 0 Å². The van der Waals surface area contributed by atoms with Gasteiger partial charge in [-0.05, 0) is 24.7 Å². The molecule has 68 valence electrons. The summed E-state index contributed by atoms with van der Waals surface area (Å²) in [5, 5.41) is -1.04. The molecule has 0 spiro atoms. The summed E-state index contributed by atoms with van der Waals surface area (Å²) in [5.74, 6) is 1.05. The van der Waals surface area contributed by atoms with E-state index in [9.17, 15) is 4.39 Å². The van der Waals surface area contributed by atoms with Gasteiger partial charge in [-0.15, -0.1) is 0 Å². The van der Waals surface area contributed by atoms with E-state index in [1.54, 1.807) is 0 Å². The third-order valence-electron chi connectivity index (χ3n) is 2.39. The largest absolute Gasteiger partial charge is 0.240 e. The summed E-state index contributed by atoms with van der Waals surface area (Å²) < 4.78 is 13.4. The summed E-state index contributed by atoms with van der Waals surface area (Å²) in [5.41, 5.74) is 0. The van der Waals surface area contributed by atoms with Crippen molar-refractivity contribution < 1.29 is 4.39 Å². The monoisotopic (exact) mass is 178 g/mol. The Morgan fingerprint density at radius 2 is 1.82 bits per heavy atom. The second-order valence-corrected chi connectivity index (χ2v) is 4.85. The quantitative estimate of drug-likeness (QED) is 0.577. The normalized spacial score (nSPS) is 19.9. The molecule has 0 aliphatic carbocycles. The van der Waals surface area contributed by atoms with Crippen molar-refractivity contribution in [1.29, 1.82) is 0 Å². The molecule has 3 unspecified atom stereocenters. The Bertz CT molecular complexity index is 110. The minimum absolute atomic E-state index is 0.470. The first-order valence-corrected chi connectivity index (χ1v) is 4.94. The molecular formula is C9H20FP. The van der Waals surface area contributed by atoms with Crippen LogP contribution in [0, 0.1) is 11.8 Å². The number of halogens is 1. The highest BCUT2D eigenvalue weighted by molar-refractivity contribution is 7.18. The fourth-order valence-corrected chi connectivity index (χ4v) is 1.29. The van der Waals surface area contributed by atoms with Crippen molar-refractivity contribution in [3.05, 3.63) is 0 Å². The minimum atomic E-state index is -1.04. The number of alkyl halides is 1. The first kappa shape index (κ1) is 11.4. The highest BCUT2D eigenvalue weighted by atomic mass is 31.0. The van der Waals surface area contributed by atoms with Gasteiger partial charge in [0, 0.05) is 0 Å². The average molecular weight is 178 g/mol. The van der Waals surface area contributed by atoms with Crippen LogP contribution in [0.2, 0.25) is 0 Å². The summed E-state index contributed by atoms with van der Waals surface area (Å²) >= 11 is 0. The van der Waals surface area contributed by atoms with Crippen LogP contribution in [0.1, 0.15) is 40.5 Å². The summed E-state index contributed by atoms with van der Waals surface area (Å²) in [6.07, 6.45) is 1.25. The molecule has 0 fully saturated rings. The first-order valence-electron chi connectivity index (χ1n) is 4.37. The lowest BCUT2D eigenvalue weighted by atomic mass is 9.91. The van der Waals surface area contributed by atoms with E-state index in [0.29, 0.717) is 24.7 Å². The standard InChI is InChI=1S/C9H20FP/c1-5-9(10,11)6-8(4)7(2)3/h7-8H,5-6,11H2,1-4H3. The van der Waals surface area contributed by atoms with Crippen LogP contribution in [-0.4, -0.2) is 5.41 Å². The van der Waals surface area contributed by atoms with E-state index in [1.165, 1.54) is 0 Å². The lowest BCUT2D eigenvalue weighted by molar-refractivity contribution is 0.204. The van der Waals surface area contributed by atoms with Crippen molar-refractivity contribution >= 4 is 9.24 Å². The molecule has 0 aromatic carbocycles. The lowest BCUT2D eigenvalue weighted by Gasteiger charge is -2.24. The second kappa shape index (κ2) is 4.40. The van der Waals surface area contributed by atoms with Crippen LogP contribution in [0.5, 0.6) is 0 Å². The summed E-state index contributed by atoms with van der Waals surface area (Å²) in [6, 6.07) is 0. The molecule has 0 nitrogen and oxygen atoms in total. The molecule has 0 aliphatic rings. The van der Waals surface area contributed by atoms with Gasteiger partial charge in [0.25, 0.3) is 0 Å². The molecule has 0 N–H and O–H groups in total. The summed E-state index contributed by atoms with van der Waals surface area (Å²) in [4.78, 5) is 0. The molecule has 0 saturated carbocycles. The van der Waals surface area contributed by atoms with Gasteiger partial charge in [-0.2, -0.15) is 0 Å². The topological polar surface area (TPSA) is 0 Å². The zero-order chi connectivity index (χ0) is 9.07. The number of hydrogen-bond donors (Lipinski definition) is 0. The molecule has 3 atom stereocenters. The van der Waals surface area contributed by atoms with Crippen molar-refractivity contribution in [2.45, 2.75) is 45.9 Å². The smallest absolute Gasteiger partial charge is 0.123 e. The molecular weight excluding hydrogens is 158 g/mol. The van der Waals surface area contributed by atoms with Gasteiger partial charge >= 0.3 is 0 Å². The van der Waals surface area contributed by atoms with Crippen LogP contribution >= 0.6 is 9.24 Å². The summed E-state index contributed by atoms with van der Waals surface area (Å²) in [6.45, 7) is 8.28. The molecule has 0 aromatic heterocycles. The van der Waals surface area contributed by atoms with Gasteiger partial charge in [-0.25, -0.2) is 4.39 Å². The number of rotatable bonds is 4. The fraction of sp³-hybridized carbons (Fsp3) is 1.00. The molecule has 0 heterocycles. The Balaban J connectivity index is 3.83. The van der Waals surface area contributed by atoms with Crippen LogP contribution < -0.4 is 0 Å². The van der Waals surface area contributed by atoms with E-state index >= 15 is 0 Å². The molecule has 0 rings (SSSR count). The molecule has 0 amide bonds. The van der Waals surface area contributed by atoms with Crippen molar-refractivity contribution in [2.24, 2.45) is 11.8 Å². The van der Waals surface area contributed by atoms with Gasteiger partial charge in [0.2, 0.25) is 0 Å². The Hall–Kier alpha value is 0.360. The van der Waals surface area contributed by atoms with E-state index in [1.807, 2.05) is 6.92 Å². The van der Waals surface area contributed by atoms with Gasteiger partial charge in [-0.3, -0.25) is 0 Å². The minimum Gasteiger partial charge on any atom is -0.240 e. The van der Waals surface area contributed by atoms with Gasteiger partial charge in [0.15, 0.2) is 0 Å². The maximum Gasteiger partial charge on any atom is 0.123 e. The average Bonchev–Trinajstić information content (AvgIpc) is 1.87. The third kappa shape index (κ3) is 4.74. The van der Waals surface area contributed by atoms with Crippen molar-refractivity contribution in [2.75, 3.05) is 0 Å². The van der Waals surface area contributed by atoms with Gasteiger partial charge in [0.1, 0.15) is 5.41 Å². The predicted octanol–water partition coefficient (Wildman–Crippen LogP) is 3.62. The molecule has 2 heteroatoms.